The lowest BCUT2D eigenvalue weighted by Gasteiger charge is -2.13. The molecule has 0 unspecified atom stereocenters. The van der Waals surface area contributed by atoms with Crippen LogP contribution in [0.25, 0.3) is 0 Å². The van der Waals surface area contributed by atoms with Gasteiger partial charge in [-0.1, -0.05) is 62.4 Å². The largest absolute Gasteiger partial charge is 0.414 e. The summed E-state index contributed by atoms with van der Waals surface area (Å²) in [7, 11) is 0. The van der Waals surface area contributed by atoms with Gasteiger partial charge in [0.2, 0.25) is 5.89 Å². The highest BCUT2D eigenvalue weighted by Crippen LogP contribution is 2.25. The van der Waals surface area contributed by atoms with Crippen molar-refractivity contribution >= 4 is 11.8 Å². The van der Waals surface area contributed by atoms with Crippen molar-refractivity contribution in [1.82, 2.24) is 10.2 Å². The van der Waals surface area contributed by atoms with Crippen LogP contribution < -0.4 is 5.73 Å². The Labute approximate surface area is 117 Å². The fourth-order valence-electron chi connectivity index (χ4n) is 1.63. The zero-order chi connectivity index (χ0) is 13.7. The molecular weight excluding hydrogens is 258 g/mol. The van der Waals surface area contributed by atoms with Crippen LogP contribution in [0, 0.1) is 5.92 Å². The molecule has 1 aromatic heterocycles. The van der Waals surface area contributed by atoms with Gasteiger partial charge in [0, 0.05) is 5.75 Å². The van der Waals surface area contributed by atoms with Crippen molar-refractivity contribution in [2.24, 2.45) is 11.7 Å². The van der Waals surface area contributed by atoms with Crippen LogP contribution in [0.1, 0.15) is 37.8 Å². The van der Waals surface area contributed by atoms with E-state index in [0.29, 0.717) is 17.0 Å². The molecule has 19 heavy (non-hydrogen) atoms. The Bertz CT molecular complexity index is 500. The third-order valence-corrected chi connectivity index (χ3v) is 4.06. The highest BCUT2D eigenvalue weighted by molar-refractivity contribution is 7.98. The van der Waals surface area contributed by atoms with Crippen molar-refractivity contribution < 1.29 is 4.42 Å². The normalized spacial score (nSPS) is 14.3. The second-order valence-corrected chi connectivity index (χ2v) is 5.52. The second kappa shape index (κ2) is 6.73. The third kappa shape index (κ3) is 3.81. The van der Waals surface area contributed by atoms with Crippen molar-refractivity contribution in [2.75, 3.05) is 0 Å². The summed E-state index contributed by atoms with van der Waals surface area (Å²) in [4.78, 5) is 0. The smallest absolute Gasteiger partial charge is 0.276 e. The zero-order valence-electron chi connectivity index (χ0n) is 11.2. The van der Waals surface area contributed by atoms with Gasteiger partial charge in [0.1, 0.15) is 0 Å². The van der Waals surface area contributed by atoms with E-state index in [2.05, 4.69) is 36.2 Å². The van der Waals surface area contributed by atoms with Gasteiger partial charge in [-0.25, -0.2) is 0 Å². The van der Waals surface area contributed by atoms with Crippen molar-refractivity contribution in [3.05, 3.63) is 41.8 Å². The van der Waals surface area contributed by atoms with Gasteiger partial charge in [-0.2, -0.15) is 0 Å². The van der Waals surface area contributed by atoms with E-state index in [0.717, 1.165) is 12.2 Å². The van der Waals surface area contributed by atoms with E-state index in [1.54, 1.807) is 0 Å². The summed E-state index contributed by atoms with van der Waals surface area (Å²) in [5.74, 6) is 1.69. The number of aromatic nitrogens is 2. The predicted molar refractivity (Wildman–Crippen MR) is 76.7 cm³/mol. The van der Waals surface area contributed by atoms with Crippen LogP contribution >= 0.6 is 11.8 Å². The molecule has 0 radical (unpaired) electrons. The first-order chi connectivity index (χ1) is 9.20. The van der Waals surface area contributed by atoms with E-state index in [4.69, 9.17) is 10.2 Å². The maximum absolute atomic E-state index is 6.06. The molecule has 2 N–H and O–H groups in total. The summed E-state index contributed by atoms with van der Waals surface area (Å²) in [5.41, 5.74) is 7.30. The predicted octanol–water partition coefficient (Wildman–Crippen LogP) is 3.41. The van der Waals surface area contributed by atoms with Gasteiger partial charge < -0.3 is 10.2 Å². The Morgan fingerprint density at radius 3 is 2.68 bits per heavy atom. The standard InChI is InChI=1S/C14H19N3OS/c1-3-10(2)12(15)13-16-17-14(18-13)19-9-11-7-5-4-6-8-11/h4-8,10,12H,3,9,15H2,1-2H3/t10-,12+/m1/s1. The number of hydrogen-bond acceptors (Lipinski definition) is 5. The van der Waals surface area contributed by atoms with Crippen molar-refractivity contribution in [3.8, 4) is 0 Å². The molecule has 2 atom stereocenters. The molecule has 102 valence electrons. The fraction of sp³-hybridized carbons (Fsp3) is 0.429. The van der Waals surface area contributed by atoms with Gasteiger partial charge in [-0.15, -0.1) is 10.2 Å². The minimum atomic E-state index is -0.177. The topological polar surface area (TPSA) is 64.9 Å². The lowest BCUT2D eigenvalue weighted by Crippen LogP contribution is -2.18. The summed E-state index contributed by atoms with van der Waals surface area (Å²) in [5, 5.41) is 8.65. The summed E-state index contributed by atoms with van der Waals surface area (Å²) in [6.45, 7) is 4.19. The average Bonchev–Trinajstić information content (AvgIpc) is 2.93. The van der Waals surface area contributed by atoms with Crippen LogP contribution in [-0.4, -0.2) is 10.2 Å². The first kappa shape index (κ1) is 14.1. The molecule has 2 aromatic rings. The zero-order valence-corrected chi connectivity index (χ0v) is 12.1. The van der Waals surface area contributed by atoms with Crippen LogP contribution in [0.5, 0.6) is 0 Å². The monoisotopic (exact) mass is 277 g/mol. The van der Waals surface area contributed by atoms with Gasteiger partial charge in [0.25, 0.3) is 5.22 Å². The van der Waals surface area contributed by atoms with E-state index in [-0.39, 0.29) is 6.04 Å². The minimum absolute atomic E-state index is 0.177. The van der Waals surface area contributed by atoms with Gasteiger partial charge in [-0.3, -0.25) is 0 Å². The molecule has 0 aliphatic heterocycles. The lowest BCUT2D eigenvalue weighted by atomic mass is 10.0. The molecule has 1 heterocycles. The number of rotatable bonds is 6. The van der Waals surface area contributed by atoms with Gasteiger partial charge >= 0.3 is 0 Å². The number of benzene rings is 1. The highest BCUT2D eigenvalue weighted by Gasteiger charge is 2.19. The lowest BCUT2D eigenvalue weighted by molar-refractivity contribution is 0.333. The maximum atomic E-state index is 6.06. The first-order valence-electron chi connectivity index (χ1n) is 6.46. The molecule has 0 aliphatic rings. The molecule has 4 nitrogen and oxygen atoms in total. The average molecular weight is 277 g/mol. The fourth-order valence-corrected chi connectivity index (χ4v) is 2.36. The molecule has 0 bridgehead atoms. The summed E-state index contributed by atoms with van der Waals surface area (Å²) in [6.07, 6.45) is 0.996. The van der Waals surface area contributed by atoms with Crippen LogP contribution in [0.3, 0.4) is 0 Å². The molecule has 0 amide bonds. The Kier molecular flexibility index (Phi) is 4.99. The molecule has 0 aliphatic carbocycles. The van der Waals surface area contributed by atoms with Crippen molar-refractivity contribution in [2.45, 2.75) is 37.3 Å². The van der Waals surface area contributed by atoms with E-state index in [1.807, 2.05) is 18.2 Å². The molecule has 0 fully saturated rings. The van der Waals surface area contributed by atoms with Gasteiger partial charge in [0.05, 0.1) is 6.04 Å². The minimum Gasteiger partial charge on any atom is -0.414 e. The number of hydrogen-bond donors (Lipinski definition) is 1. The van der Waals surface area contributed by atoms with Gasteiger partial charge in [-0.05, 0) is 11.5 Å². The second-order valence-electron chi connectivity index (χ2n) is 4.59. The Morgan fingerprint density at radius 1 is 1.26 bits per heavy atom. The summed E-state index contributed by atoms with van der Waals surface area (Å²) >= 11 is 1.54. The molecule has 1 aromatic carbocycles. The first-order valence-corrected chi connectivity index (χ1v) is 7.45. The van der Waals surface area contributed by atoms with E-state index < -0.39 is 0 Å². The van der Waals surface area contributed by atoms with Crippen LogP contribution in [0.15, 0.2) is 40.0 Å². The SMILES string of the molecule is CC[C@@H](C)[C@H](N)c1nnc(SCc2ccccc2)o1. The Hall–Kier alpha value is -1.33. The molecular formula is C14H19N3OS. The van der Waals surface area contributed by atoms with Crippen LogP contribution in [0.2, 0.25) is 0 Å². The molecule has 0 saturated carbocycles. The molecule has 0 spiro atoms. The Balaban J connectivity index is 1.94. The van der Waals surface area contributed by atoms with E-state index in [9.17, 15) is 0 Å². The number of thioether (sulfide) groups is 1. The molecule has 2 rings (SSSR count). The quantitative estimate of drug-likeness (QED) is 0.820. The number of nitrogens with two attached hydrogens (primary N) is 1. The van der Waals surface area contributed by atoms with E-state index >= 15 is 0 Å². The third-order valence-electron chi connectivity index (χ3n) is 3.17. The highest BCUT2D eigenvalue weighted by atomic mass is 32.2. The van der Waals surface area contributed by atoms with Crippen LogP contribution in [0.4, 0.5) is 0 Å². The van der Waals surface area contributed by atoms with E-state index in [1.165, 1.54) is 17.3 Å². The van der Waals surface area contributed by atoms with Crippen LogP contribution in [-0.2, 0) is 5.75 Å². The number of nitrogens with zero attached hydrogens (tertiary/aromatic N) is 2. The van der Waals surface area contributed by atoms with Gasteiger partial charge in [0.15, 0.2) is 0 Å². The Morgan fingerprint density at radius 2 is 2.00 bits per heavy atom. The summed E-state index contributed by atoms with van der Waals surface area (Å²) in [6, 6.07) is 10.0. The molecule has 5 heteroatoms. The maximum Gasteiger partial charge on any atom is 0.276 e. The molecule has 0 saturated heterocycles. The van der Waals surface area contributed by atoms with Crippen molar-refractivity contribution in [3.63, 3.8) is 0 Å². The van der Waals surface area contributed by atoms with Crippen molar-refractivity contribution in [1.29, 1.82) is 0 Å². The summed E-state index contributed by atoms with van der Waals surface area (Å²) < 4.78 is 5.61.